The number of nitrogens with one attached hydrogen (secondary N) is 1. The number of carbonyl (C=O) groups is 1. The number of halogens is 2. The van der Waals surface area contributed by atoms with E-state index in [0.29, 0.717) is 19.5 Å². The molecule has 0 atom stereocenters. The van der Waals surface area contributed by atoms with Gasteiger partial charge in [-0.15, -0.1) is 0 Å². The molecule has 0 aliphatic rings. The number of hydrogen-bond donors (Lipinski definition) is 1. The predicted molar refractivity (Wildman–Crippen MR) is 90.4 cm³/mol. The van der Waals surface area contributed by atoms with Crippen LogP contribution in [0.3, 0.4) is 0 Å². The first-order valence-electron chi connectivity index (χ1n) is 7.53. The summed E-state index contributed by atoms with van der Waals surface area (Å²) < 4.78 is 28.4. The lowest BCUT2D eigenvalue weighted by molar-refractivity contribution is -0.122. The molecule has 1 heterocycles. The lowest BCUT2D eigenvalue weighted by Crippen LogP contribution is -2.35. The van der Waals surface area contributed by atoms with Gasteiger partial charge < -0.3 is 10.1 Å². The van der Waals surface area contributed by atoms with Crippen molar-refractivity contribution in [2.24, 2.45) is 0 Å². The lowest BCUT2D eigenvalue weighted by Gasteiger charge is -2.15. The van der Waals surface area contributed by atoms with Crippen LogP contribution in [0.4, 0.5) is 8.78 Å². The van der Waals surface area contributed by atoms with Crippen molar-refractivity contribution in [2.75, 3.05) is 20.1 Å². The largest absolute Gasteiger partial charge is 0.435 e. The molecule has 2 rings (SSSR count). The van der Waals surface area contributed by atoms with Gasteiger partial charge in [0.15, 0.2) is 0 Å². The molecular formula is C17H20F2N2O2S. The minimum Gasteiger partial charge on any atom is -0.435 e. The molecule has 0 saturated heterocycles. The van der Waals surface area contributed by atoms with Crippen molar-refractivity contribution in [1.29, 1.82) is 0 Å². The Kier molecular flexibility index (Phi) is 7.14. The Bertz CT molecular complexity index is 618. The summed E-state index contributed by atoms with van der Waals surface area (Å²) in [5.74, 6) is 0.0956. The molecule has 24 heavy (non-hydrogen) atoms. The average Bonchev–Trinajstić information content (AvgIpc) is 3.01. The van der Waals surface area contributed by atoms with E-state index in [2.05, 4.69) is 15.4 Å². The van der Waals surface area contributed by atoms with Crippen molar-refractivity contribution in [1.82, 2.24) is 10.2 Å². The zero-order chi connectivity index (χ0) is 17.4. The highest BCUT2D eigenvalue weighted by Gasteiger charge is 2.07. The molecule has 1 N–H and O–H groups in total. The van der Waals surface area contributed by atoms with E-state index in [1.165, 1.54) is 17.7 Å². The van der Waals surface area contributed by atoms with Crippen LogP contribution in [0.25, 0.3) is 0 Å². The van der Waals surface area contributed by atoms with Crippen LogP contribution in [0, 0.1) is 0 Å². The van der Waals surface area contributed by atoms with Crippen molar-refractivity contribution < 1.29 is 18.3 Å². The zero-order valence-corrected chi connectivity index (χ0v) is 14.2. The van der Waals surface area contributed by atoms with Gasteiger partial charge in [-0.05, 0) is 53.6 Å². The van der Waals surface area contributed by atoms with Crippen molar-refractivity contribution >= 4 is 17.2 Å². The summed E-state index contributed by atoms with van der Waals surface area (Å²) in [6.07, 6.45) is 0.634. The highest BCUT2D eigenvalue weighted by molar-refractivity contribution is 7.07. The maximum atomic E-state index is 12.1. The number of ether oxygens (including phenoxy) is 1. The van der Waals surface area contributed by atoms with Crippen LogP contribution in [-0.4, -0.2) is 37.6 Å². The molecule has 1 aromatic heterocycles. The van der Waals surface area contributed by atoms with Gasteiger partial charge in [-0.25, -0.2) is 0 Å². The van der Waals surface area contributed by atoms with Crippen molar-refractivity contribution in [3.05, 3.63) is 52.2 Å². The van der Waals surface area contributed by atoms with Gasteiger partial charge in [-0.3, -0.25) is 9.69 Å². The van der Waals surface area contributed by atoms with E-state index in [-0.39, 0.29) is 11.7 Å². The van der Waals surface area contributed by atoms with E-state index in [1.807, 2.05) is 23.4 Å². The molecular weight excluding hydrogens is 334 g/mol. The fourth-order valence-corrected chi connectivity index (χ4v) is 2.89. The summed E-state index contributed by atoms with van der Waals surface area (Å²) in [7, 11) is 1.90. The Balaban J connectivity index is 1.66. The number of thiophene rings is 1. The quantitative estimate of drug-likeness (QED) is 0.752. The molecule has 0 unspecified atom stereocenters. The lowest BCUT2D eigenvalue weighted by atomic mass is 10.1. The summed E-state index contributed by atoms with van der Waals surface area (Å²) in [5, 5.41) is 6.94. The molecule has 1 aromatic carbocycles. The van der Waals surface area contributed by atoms with Gasteiger partial charge in [-0.2, -0.15) is 20.1 Å². The van der Waals surface area contributed by atoms with Gasteiger partial charge in [0.2, 0.25) is 5.91 Å². The third-order valence-corrected chi connectivity index (χ3v) is 4.06. The standard InChI is InChI=1S/C17H20F2N2O2S/c1-21(10-14-7-9-24-12-14)11-16(22)20-8-6-13-2-4-15(5-3-13)23-17(18)19/h2-5,7,9,12,17H,6,8,10-11H2,1H3,(H,20,22). The summed E-state index contributed by atoms with van der Waals surface area (Å²) in [5.41, 5.74) is 2.14. The molecule has 0 radical (unpaired) electrons. The second-order valence-electron chi connectivity index (χ2n) is 5.43. The topological polar surface area (TPSA) is 41.6 Å². The predicted octanol–water partition coefficient (Wildman–Crippen LogP) is 3.14. The number of amides is 1. The Morgan fingerprint density at radius 1 is 1.25 bits per heavy atom. The van der Waals surface area contributed by atoms with Crippen LogP contribution in [0.1, 0.15) is 11.1 Å². The van der Waals surface area contributed by atoms with Crippen LogP contribution in [-0.2, 0) is 17.8 Å². The van der Waals surface area contributed by atoms with E-state index in [4.69, 9.17) is 0 Å². The van der Waals surface area contributed by atoms with Crippen molar-refractivity contribution in [2.45, 2.75) is 19.6 Å². The summed E-state index contributed by atoms with van der Waals surface area (Å²) in [4.78, 5) is 13.8. The highest BCUT2D eigenvalue weighted by atomic mass is 32.1. The van der Waals surface area contributed by atoms with Crippen LogP contribution in [0.15, 0.2) is 41.1 Å². The van der Waals surface area contributed by atoms with Crippen LogP contribution in [0.2, 0.25) is 0 Å². The number of alkyl halides is 2. The third-order valence-electron chi connectivity index (χ3n) is 3.33. The number of hydrogen-bond acceptors (Lipinski definition) is 4. The summed E-state index contributed by atoms with van der Waals surface area (Å²) in [6, 6.07) is 8.47. The molecule has 4 nitrogen and oxygen atoms in total. The fourth-order valence-electron chi connectivity index (χ4n) is 2.24. The first kappa shape index (κ1) is 18.4. The van der Waals surface area contributed by atoms with Gasteiger partial charge >= 0.3 is 6.61 Å². The number of likely N-dealkylation sites (N-methyl/N-ethyl adjacent to an activating group) is 1. The average molecular weight is 354 g/mol. The van der Waals surface area contributed by atoms with Crippen LogP contribution in [0.5, 0.6) is 5.75 Å². The van der Waals surface area contributed by atoms with Gasteiger partial charge in [0.1, 0.15) is 5.75 Å². The normalized spacial score (nSPS) is 11.0. The molecule has 130 valence electrons. The van der Waals surface area contributed by atoms with E-state index in [0.717, 1.165) is 12.1 Å². The van der Waals surface area contributed by atoms with Crippen molar-refractivity contribution in [3.8, 4) is 5.75 Å². The van der Waals surface area contributed by atoms with Gasteiger partial charge in [0.05, 0.1) is 6.54 Å². The van der Waals surface area contributed by atoms with E-state index in [1.54, 1.807) is 23.5 Å². The fraction of sp³-hybridized carbons (Fsp3) is 0.353. The Hall–Kier alpha value is -1.99. The van der Waals surface area contributed by atoms with E-state index >= 15 is 0 Å². The number of nitrogens with zero attached hydrogens (tertiary/aromatic N) is 1. The molecule has 2 aromatic rings. The molecule has 0 aliphatic carbocycles. The Morgan fingerprint density at radius 3 is 2.62 bits per heavy atom. The maximum absolute atomic E-state index is 12.1. The molecule has 0 spiro atoms. The number of rotatable bonds is 9. The summed E-state index contributed by atoms with van der Waals surface area (Å²) in [6.45, 7) is -1.25. The monoisotopic (exact) mass is 354 g/mol. The Labute approximate surface area is 144 Å². The van der Waals surface area contributed by atoms with Gasteiger partial charge in [0, 0.05) is 13.1 Å². The molecule has 0 saturated carbocycles. The molecule has 7 heteroatoms. The second kappa shape index (κ2) is 9.34. The van der Waals surface area contributed by atoms with Crippen LogP contribution >= 0.6 is 11.3 Å². The first-order valence-corrected chi connectivity index (χ1v) is 8.47. The zero-order valence-electron chi connectivity index (χ0n) is 13.4. The third kappa shape index (κ3) is 6.64. The smallest absolute Gasteiger partial charge is 0.387 e. The number of carbonyl (C=O) groups excluding carboxylic acids is 1. The molecule has 0 aliphatic heterocycles. The minimum absolute atomic E-state index is 0.0367. The van der Waals surface area contributed by atoms with Gasteiger partial charge in [-0.1, -0.05) is 12.1 Å². The number of benzene rings is 1. The molecule has 0 fully saturated rings. The Morgan fingerprint density at radius 2 is 2.00 bits per heavy atom. The molecule has 0 bridgehead atoms. The van der Waals surface area contributed by atoms with Gasteiger partial charge in [0.25, 0.3) is 0 Å². The van der Waals surface area contributed by atoms with Crippen LogP contribution < -0.4 is 10.1 Å². The second-order valence-corrected chi connectivity index (χ2v) is 6.21. The first-order chi connectivity index (χ1) is 11.5. The van der Waals surface area contributed by atoms with E-state index < -0.39 is 6.61 Å². The van der Waals surface area contributed by atoms with Crippen molar-refractivity contribution in [3.63, 3.8) is 0 Å². The molecule has 1 amide bonds. The van der Waals surface area contributed by atoms with E-state index in [9.17, 15) is 13.6 Å². The maximum Gasteiger partial charge on any atom is 0.387 e. The SMILES string of the molecule is CN(CC(=O)NCCc1ccc(OC(F)F)cc1)Cc1ccsc1. The minimum atomic E-state index is -2.82. The highest BCUT2D eigenvalue weighted by Crippen LogP contribution is 2.15. The summed E-state index contributed by atoms with van der Waals surface area (Å²) >= 11 is 1.64.